The third-order valence-electron chi connectivity index (χ3n) is 4.40. The SMILES string of the molecule is CCC(C)N(C)C(F)(F)C(F)(F)C(F)(F)C(F)(F)C(F)(F)C(F)(F)C(F)(F)C(F)(F)F. The molecular formula is C13H12F17N. The Labute approximate surface area is 162 Å². The van der Waals surface area contributed by atoms with Crippen LogP contribution < -0.4 is 0 Å². The van der Waals surface area contributed by atoms with E-state index >= 15 is 0 Å². The standard InChI is InChI=1S/C13H12F17N/c1-4-5(2)31(3)13(29,30)11(24,25)9(20,21)7(16,17)6(14,15)8(18,19)10(22,23)12(26,27)28/h5H,4H2,1-3H3. The highest BCUT2D eigenvalue weighted by molar-refractivity contribution is 5.15. The summed E-state index contributed by atoms with van der Waals surface area (Å²) in [6.07, 6.45) is -8.31. The summed E-state index contributed by atoms with van der Waals surface area (Å²) in [4.78, 5) is -1.03. The van der Waals surface area contributed by atoms with Crippen molar-refractivity contribution in [1.82, 2.24) is 4.90 Å². The van der Waals surface area contributed by atoms with Crippen LogP contribution in [0.1, 0.15) is 20.3 Å². The van der Waals surface area contributed by atoms with E-state index in [0.29, 0.717) is 6.92 Å². The van der Waals surface area contributed by atoms with Crippen LogP contribution in [-0.4, -0.2) is 65.7 Å². The molecule has 0 heterocycles. The Hall–Kier alpha value is -1.23. The fourth-order valence-electron chi connectivity index (χ4n) is 1.93. The quantitative estimate of drug-likeness (QED) is 0.250. The Morgan fingerprint density at radius 1 is 0.516 bits per heavy atom. The lowest BCUT2D eigenvalue weighted by molar-refractivity contribution is -0.468. The third-order valence-corrected chi connectivity index (χ3v) is 4.40. The summed E-state index contributed by atoms with van der Waals surface area (Å²) in [5.41, 5.74) is 0. The molecule has 0 amide bonds. The van der Waals surface area contributed by atoms with Gasteiger partial charge in [0, 0.05) is 6.04 Å². The molecule has 0 N–H and O–H groups in total. The fraction of sp³-hybridized carbons (Fsp3) is 1.00. The van der Waals surface area contributed by atoms with E-state index in [1.807, 2.05) is 0 Å². The van der Waals surface area contributed by atoms with E-state index in [1.54, 1.807) is 0 Å². The molecule has 1 nitrogen and oxygen atoms in total. The first-order valence-corrected chi connectivity index (χ1v) is 7.58. The minimum Gasteiger partial charge on any atom is -0.239 e. The zero-order valence-electron chi connectivity index (χ0n) is 15.2. The molecule has 0 aliphatic carbocycles. The maximum atomic E-state index is 13.8. The monoisotopic (exact) mass is 505 g/mol. The number of nitrogens with zero attached hydrogens (tertiary/aromatic N) is 1. The van der Waals surface area contributed by atoms with Gasteiger partial charge in [0.15, 0.2) is 0 Å². The van der Waals surface area contributed by atoms with Gasteiger partial charge in [-0.25, -0.2) is 4.90 Å². The van der Waals surface area contributed by atoms with Gasteiger partial charge in [-0.05, 0) is 20.4 Å². The van der Waals surface area contributed by atoms with Crippen molar-refractivity contribution in [2.45, 2.75) is 74.1 Å². The largest absolute Gasteiger partial charge is 0.460 e. The van der Waals surface area contributed by atoms with E-state index in [1.165, 1.54) is 0 Å². The lowest BCUT2D eigenvalue weighted by atomic mass is 9.90. The van der Waals surface area contributed by atoms with Crippen LogP contribution in [0.4, 0.5) is 74.6 Å². The molecule has 0 saturated heterocycles. The molecule has 0 aliphatic heterocycles. The predicted octanol–water partition coefficient (Wildman–Crippen LogP) is 6.68. The van der Waals surface area contributed by atoms with E-state index in [9.17, 15) is 74.6 Å². The molecule has 1 atom stereocenters. The van der Waals surface area contributed by atoms with Crippen molar-refractivity contribution in [3.05, 3.63) is 0 Å². The van der Waals surface area contributed by atoms with Gasteiger partial charge >= 0.3 is 47.8 Å². The average Bonchev–Trinajstić information content (AvgIpc) is 2.57. The van der Waals surface area contributed by atoms with E-state index in [-0.39, 0.29) is 7.05 Å². The van der Waals surface area contributed by atoms with E-state index in [2.05, 4.69) is 0 Å². The molecule has 0 rings (SSSR count). The Morgan fingerprint density at radius 3 is 1.03 bits per heavy atom. The van der Waals surface area contributed by atoms with Crippen molar-refractivity contribution < 1.29 is 74.6 Å². The van der Waals surface area contributed by atoms with Gasteiger partial charge in [0.2, 0.25) is 0 Å². The van der Waals surface area contributed by atoms with Gasteiger partial charge in [-0.3, -0.25) is 0 Å². The predicted molar refractivity (Wildman–Crippen MR) is 68.2 cm³/mol. The molecule has 0 bridgehead atoms. The number of hydrogen-bond donors (Lipinski definition) is 0. The van der Waals surface area contributed by atoms with Crippen molar-refractivity contribution in [3.8, 4) is 0 Å². The van der Waals surface area contributed by atoms with Crippen molar-refractivity contribution in [2.24, 2.45) is 0 Å². The summed E-state index contributed by atoms with van der Waals surface area (Å²) in [6.45, 7) is 1.61. The third kappa shape index (κ3) is 3.79. The van der Waals surface area contributed by atoms with Crippen LogP contribution in [0.15, 0.2) is 0 Å². The van der Waals surface area contributed by atoms with Crippen LogP contribution in [0, 0.1) is 0 Å². The summed E-state index contributed by atoms with van der Waals surface area (Å²) in [7, 11) is -0.0825. The first-order chi connectivity index (χ1) is 13.1. The first kappa shape index (κ1) is 29.8. The highest BCUT2D eigenvalue weighted by Crippen LogP contribution is 2.64. The van der Waals surface area contributed by atoms with Crippen LogP contribution in [-0.2, 0) is 0 Å². The zero-order valence-corrected chi connectivity index (χ0v) is 15.2. The normalized spacial score (nSPS) is 17.3. The van der Waals surface area contributed by atoms with Gasteiger partial charge in [0.25, 0.3) is 0 Å². The van der Waals surface area contributed by atoms with Crippen LogP contribution in [0.2, 0.25) is 0 Å². The molecule has 0 saturated carbocycles. The molecular weight excluding hydrogens is 493 g/mol. The smallest absolute Gasteiger partial charge is 0.239 e. The van der Waals surface area contributed by atoms with Crippen LogP contribution >= 0.6 is 0 Å². The Balaban J connectivity index is 6.76. The molecule has 31 heavy (non-hydrogen) atoms. The lowest BCUT2D eigenvalue weighted by Crippen LogP contribution is -2.75. The van der Waals surface area contributed by atoms with Gasteiger partial charge in [-0.2, -0.15) is 74.6 Å². The fourth-order valence-corrected chi connectivity index (χ4v) is 1.93. The Kier molecular flexibility index (Phi) is 7.37. The molecule has 0 aliphatic rings. The van der Waals surface area contributed by atoms with Gasteiger partial charge in [-0.1, -0.05) is 6.92 Å². The van der Waals surface area contributed by atoms with E-state index in [0.717, 1.165) is 6.92 Å². The minimum absolute atomic E-state index is 0.0825. The maximum Gasteiger partial charge on any atom is 0.460 e. The topological polar surface area (TPSA) is 3.24 Å². The summed E-state index contributed by atoms with van der Waals surface area (Å²) in [5, 5.41) is 0. The van der Waals surface area contributed by atoms with Crippen molar-refractivity contribution in [1.29, 1.82) is 0 Å². The molecule has 18 heteroatoms. The second kappa shape index (κ2) is 7.67. The summed E-state index contributed by atoms with van der Waals surface area (Å²) in [6, 6.07) is -8.34. The number of alkyl halides is 17. The highest BCUT2D eigenvalue weighted by atomic mass is 19.4. The molecule has 0 fully saturated rings. The molecule has 0 aromatic carbocycles. The van der Waals surface area contributed by atoms with E-state index in [4.69, 9.17) is 0 Å². The molecule has 188 valence electrons. The Bertz CT molecular complexity index is 634. The van der Waals surface area contributed by atoms with Gasteiger partial charge in [0.05, 0.1) is 0 Å². The van der Waals surface area contributed by atoms with Gasteiger partial charge in [-0.15, -0.1) is 0 Å². The number of halogens is 17. The number of rotatable bonds is 9. The summed E-state index contributed by atoms with van der Waals surface area (Å²) < 4.78 is 223. The van der Waals surface area contributed by atoms with Crippen molar-refractivity contribution >= 4 is 0 Å². The van der Waals surface area contributed by atoms with Gasteiger partial charge < -0.3 is 0 Å². The van der Waals surface area contributed by atoms with Crippen molar-refractivity contribution in [2.75, 3.05) is 7.05 Å². The lowest BCUT2D eigenvalue weighted by Gasteiger charge is -2.44. The van der Waals surface area contributed by atoms with E-state index < -0.39 is 65.1 Å². The van der Waals surface area contributed by atoms with Gasteiger partial charge in [0.1, 0.15) is 0 Å². The second-order valence-corrected chi connectivity index (χ2v) is 6.35. The molecule has 0 aromatic rings. The van der Waals surface area contributed by atoms with Crippen molar-refractivity contribution in [3.63, 3.8) is 0 Å². The Morgan fingerprint density at radius 2 is 0.774 bits per heavy atom. The highest BCUT2D eigenvalue weighted by Gasteiger charge is 2.95. The minimum atomic E-state index is -8.60. The van der Waals surface area contributed by atoms with Crippen LogP contribution in [0.25, 0.3) is 0 Å². The second-order valence-electron chi connectivity index (χ2n) is 6.35. The molecule has 0 radical (unpaired) electrons. The molecule has 0 aromatic heterocycles. The zero-order chi connectivity index (χ0) is 25.9. The summed E-state index contributed by atoms with van der Waals surface area (Å²) in [5.74, 6) is -49.7. The average molecular weight is 505 g/mol. The molecule has 1 unspecified atom stereocenters. The summed E-state index contributed by atoms with van der Waals surface area (Å²) >= 11 is 0. The van der Waals surface area contributed by atoms with Crippen LogP contribution in [0.5, 0.6) is 0 Å². The number of hydrogen-bond acceptors (Lipinski definition) is 1. The maximum absolute atomic E-state index is 13.8. The molecule has 0 spiro atoms. The first-order valence-electron chi connectivity index (χ1n) is 7.58. The van der Waals surface area contributed by atoms with Crippen LogP contribution in [0.3, 0.4) is 0 Å².